The van der Waals surface area contributed by atoms with Gasteiger partial charge in [0.15, 0.2) is 0 Å². The number of benzene rings is 1. The van der Waals surface area contributed by atoms with Crippen LogP contribution < -0.4 is 5.32 Å². The lowest BCUT2D eigenvalue weighted by Gasteiger charge is -2.47. The third-order valence-corrected chi connectivity index (χ3v) is 6.84. The molecule has 6 nitrogen and oxygen atoms in total. The van der Waals surface area contributed by atoms with Gasteiger partial charge >= 0.3 is 5.97 Å². The summed E-state index contributed by atoms with van der Waals surface area (Å²) in [5, 5.41) is 23.0. The van der Waals surface area contributed by atoms with Crippen LogP contribution in [0.4, 0.5) is 14.5 Å². The summed E-state index contributed by atoms with van der Waals surface area (Å²) in [7, 11) is 0. The van der Waals surface area contributed by atoms with Crippen molar-refractivity contribution < 1.29 is 18.7 Å². The molecule has 3 saturated carbocycles. The van der Waals surface area contributed by atoms with Crippen LogP contribution >= 0.6 is 0 Å². The lowest BCUT2D eigenvalue weighted by Crippen LogP contribution is -2.51. The van der Waals surface area contributed by atoms with E-state index in [4.69, 9.17) is 0 Å². The molecule has 3 fully saturated rings. The summed E-state index contributed by atoms with van der Waals surface area (Å²) in [6, 6.07) is 5.59. The highest BCUT2D eigenvalue weighted by Gasteiger charge is 2.47. The summed E-state index contributed by atoms with van der Waals surface area (Å²) in [5.74, 6) is -2.32. The van der Waals surface area contributed by atoms with E-state index >= 15 is 0 Å². The van der Waals surface area contributed by atoms with Crippen molar-refractivity contribution in [3.63, 3.8) is 0 Å². The van der Waals surface area contributed by atoms with Gasteiger partial charge in [0.2, 0.25) is 0 Å². The Bertz CT molecular complexity index is 1220. The minimum Gasteiger partial charge on any atom is -0.481 e. The summed E-state index contributed by atoms with van der Waals surface area (Å²) < 4.78 is 28.7. The van der Waals surface area contributed by atoms with Gasteiger partial charge in [-0.1, -0.05) is 0 Å². The normalized spacial score (nSPS) is 24.8. The third-order valence-electron chi connectivity index (χ3n) is 6.84. The van der Waals surface area contributed by atoms with E-state index in [-0.39, 0.29) is 29.1 Å². The average molecular weight is 422 g/mol. The van der Waals surface area contributed by atoms with Gasteiger partial charge in [0.25, 0.3) is 0 Å². The van der Waals surface area contributed by atoms with E-state index in [0.717, 1.165) is 37.9 Å². The van der Waals surface area contributed by atoms with Crippen molar-refractivity contribution in [1.29, 1.82) is 5.26 Å². The number of carboxylic acids is 1. The molecule has 0 radical (unpaired) electrons. The molecule has 3 aromatic rings. The van der Waals surface area contributed by atoms with Gasteiger partial charge in [0, 0.05) is 28.8 Å². The van der Waals surface area contributed by atoms with Crippen molar-refractivity contribution in [2.24, 2.45) is 17.8 Å². The maximum absolute atomic E-state index is 14.9. The van der Waals surface area contributed by atoms with Gasteiger partial charge in [-0.3, -0.25) is 4.79 Å². The van der Waals surface area contributed by atoms with Crippen LogP contribution in [0.1, 0.15) is 31.2 Å². The van der Waals surface area contributed by atoms with E-state index in [1.165, 1.54) is 12.1 Å². The largest absolute Gasteiger partial charge is 0.481 e. The lowest BCUT2D eigenvalue weighted by molar-refractivity contribution is -0.148. The van der Waals surface area contributed by atoms with Crippen molar-refractivity contribution in [2.45, 2.75) is 31.7 Å². The highest BCUT2D eigenvalue weighted by Crippen LogP contribution is 2.47. The van der Waals surface area contributed by atoms with Gasteiger partial charge < -0.3 is 15.4 Å². The number of carbonyl (C=O) groups is 1. The number of nitrogens with zero attached hydrogens (tertiary/aromatic N) is 2. The first-order valence-electron chi connectivity index (χ1n) is 10.3. The topological polar surface area (TPSA) is 102 Å². The molecule has 2 unspecified atom stereocenters. The quantitative estimate of drug-likeness (QED) is 0.567. The zero-order chi connectivity index (χ0) is 21.7. The number of hydrogen-bond acceptors (Lipinski definition) is 4. The molecule has 0 aliphatic heterocycles. The van der Waals surface area contributed by atoms with Crippen LogP contribution in [0.2, 0.25) is 0 Å². The van der Waals surface area contributed by atoms with Crippen molar-refractivity contribution >= 4 is 22.7 Å². The van der Waals surface area contributed by atoms with Crippen LogP contribution in [0, 0.1) is 40.7 Å². The Morgan fingerprint density at radius 2 is 1.90 bits per heavy atom. The Hall–Kier alpha value is -3.47. The molecule has 8 heteroatoms. The Morgan fingerprint density at radius 3 is 2.61 bits per heavy atom. The van der Waals surface area contributed by atoms with E-state index in [1.807, 2.05) is 6.07 Å². The van der Waals surface area contributed by atoms with Crippen molar-refractivity contribution in [3.05, 3.63) is 47.8 Å². The number of aliphatic carboxylic acids is 1. The predicted octanol–water partition coefficient (Wildman–Crippen LogP) is 4.68. The molecule has 0 spiro atoms. The zero-order valence-electron chi connectivity index (χ0n) is 16.5. The number of aromatic nitrogens is 2. The molecule has 2 atom stereocenters. The Balaban J connectivity index is 1.58. The molecule has 6 rings (SSSR count). The molecule has 2 aromatic heterocycles. The van der Waals surface area contributed by atoms with Gasteiger partial charge in [0.1, 0.15) is 17.3 Å². The van der Waals surface area contributed by atoms with Crippen molar-refractivity contribution in [2.75, 3.05) is 5.32 Å². The van der Waals surface area contributed by atoms with Crippen LogP contribution in [-0.4, -0.2) is 27.1 Å². The van der Waals surface area contributed by atoms with Gasteiger partial charge in [0.05, 0.1) is 29.4 Å². The number of halogens is 2. The molecular weight excluding hydrogens is 402 g/mol. The summed E-state index contributed by atoms with van der Waals surface area (Å²) in [6.07, 6.45) is 6.31. The number of hydrogen-bond donors (Lipinski definition) is 3. The SMILES string of the molecule is N#Cc1cc(F)c(NC2C3CCC(CC3)C2C(=O)O)cc1-c1c[nH]c2ncc(F)cc12. The number of anilines is 1. The molecule has 3 N–H and O–H groups in total. The van der Waals surface area contributed by atoms with Gasteiger partial charge in [-0.15, -0.1) is 0 Å². The number of pyridine rings is 1. The molecule has 1 aromatic carbocycles. The summed E-state index contributed by atoms with van der Waals surface area (Å²) in [4.78, 5) is 18.9. The second-order valence-corrected chi connectivity index (χ2v) is 8.45. The first-order chi connectivity index (χ1) is 15.0. The molecule has 2 heterocycles. The smallest absolute Gasteiger partial charge is 0.308 e. The summed E-state index contributed by atoms with van der Waals surface area (Å²) >= 11 is 0. The maximum atomic E-state index is 14.9. The second-order valence-electron chi connectivity index (χ2n) is 8.45. The minimum atomic E-state index is -0.862. The van der Waals surface area contributed by atoms with E-state index in [1.54, 1.807) is 6.20 Å². The van der Waals surface area contributed by atoms with Crippen molar-refractivity contribution in [3.8, 4) is 17.2 Å². The molecule has 3 aliphatic rings. The molecule has 0 amide bonds. The fraction of sp³-hybridized carbons (Fsp3) is 0.348. The van der Waals surface area contributed by atoms with Gasteiger partial charge in [-0.2, -0.15) is 5.26 Å². The van der Waals surface area contributed by atoms with Crippen LogP contribution in [-0.2, 0) is 4.79 Å². The van der Waals surface area contributed by atoms with Gasteiger partial charge in [-0.25, -0.2) is 13.8 Å². The monoisotopic (exact) mass is 422 g/mol. The number of nitrogens with one attached hydrogen (secondary N) is 2. The molecule has 3 aliphatic carbocycles. The molecule has 158 valence electrons. The predicted molar refractivity (Wildman–Crippen MR) is 110 cm³/mol. The van der Waals surface area contributed by atoms with E-state index in [2.05, 4.69) is 15.3 Å². The molecule has 2 bridgehead atoms. The van der Waals surface area contributed by atoms with Gasteiger partial charge in [-0.05, 0) is 55.7 Å². The minimum absolute atomic E-state index is 0.0866. The highest BCUT2D eigenvalue weighted by molar-refractivity contribution is 5.95. The Morgan fingerprint density at radius 1 is 1.16 bits per heavy atom. The standard InChI is InChI=1S/C23H20F2N4O2/c24-14-6-16-17(10-28-22(16)27-9-14)15-7-19(18(25)5-13(15)8-26)29-21-12-3-1-11(2-4-12)20(21)23(30)31/h5-7,9-12,20-21,29H,1-4H2,(H,27,28)(H,30,31). The van der Waals surface area contributed by atoms with Crippen LogP contribution in [0.25, 0.3) is 22.2 Å². The summed E-state index contributed by atoms with van der Waals surface area (Å²) in [6.45, 7) is 0. The van der Waals surface area contributed by atoms with Crippen LogP contribution in [0.3, 0.4) is 0 Å². The molecule has 0 saturated heterocycles. The number of carboxylic acid groups (broad SMARTS) is 1. The van der Waals surface area contributed by atoms with Crippen molar-refractivity contribution in [1.82, 2.24) is 9.97 Å². The number of rotatable bonds is 4. The maximum Gasteiger partial charge on any atom is 0.308 e. The number of fused-ring (bicyclic) bond motifs is 4. The lowest BCUT2D eigenvalue weighted by atomic mass is 9.61. The summed E-state index contributed by atoms with van der Waals surface area (Å²) in [5.41, 5.74) is 1.67. The third kappa shape index (κ3) is 3.21. The fourth-order valence-electron chi connectivity index (χ4n) is 5.39. The van der Waals surface area contributed by atoms with E-state index in [0.29, 0.717) is 22.2 Å². The average Bonchev–Trinajstić information content (AvgIpc) is 3.18. The first kappa shape index (κ1) is 19.5. The molecule has 31 heavy (non-hydrogen) atoms. The number of nitriles is 1. The Labute approximate surface area is 176 Å². The fourth-order valence-corrected chi connectivity index (χ4v) is 5.39. The zero-order valence-corrected chi connectivity index (χ0v) is 16.5. The first-order valence-corrected chi connectivity index (χ1v) is 10.3. The van der Waals surface area contributed by atoms with Crippen LogP contribution in [0.5, 0.6) is 0 Å². The van der Waals surface area contributed by atoms with Crippen LogP contribution in [0.15, 0.2) is 30.6 Å². The number of H-pyrrole nitrogens is 1. The Kier molecular flexibility index (Phi) is 4.62. The van der Waals surface area contributed by atoms with E-state index < -0.39 is 23.5 Å². The number of aromatic amines is 1. The second kappa shape index (κ2) is 7.34. The molecular formula is C23H20F2N4O2. The highest BCUT2D eigenvalue weighted by atomic mass is 19.1. The van der Waals surface area contributed by atoms with E-state index in [9.17, 15) is 23.9 Å².